The van der Waals surface area contributed by atoms with Gasteiger partial charge < -0.3 is 8.61 Å². The second-order valence-corrected chi connectivity index (χ2v) is 15.2. The van der Waals surface area contributed by atoms with E-state index in [-0.39, 0.29) is 11.8 Å². The summed E-state index contributed by atoms with van der Waals surface area (Å²) in [4.78, 5) is 0.678. The van der Waals surface area contributed by atoms with Crippen molar-refractivity contribution in [2.75, 3.05) is 6.61 Å². The zero-order valence-electron chi connectivity index (χ0n) is 24.7. The molecule has 0 amide bonds. The van der Waals surface area contributed by atoms with E-state index < -0.39 is 19.4 Å². The molecular formula is C36H42O3SSi. The lowest BCUT2D eigenvalue weighted by Gasteiger charge is -2.35. The average molecular weight is 583 g/mol. The largest absolute Gasteiger partial charge is 0.404 e. The smallest absolute Gasteiger partial charge is 0.288 e. The lowest BCUT2D eigenvalue weighted by atomic mass is 9.94. The van der Waals surface area contributed by atoms with E-state index in [1.54, 1.807) is 0 Å². The zero-order chi connectivity index (χ0) is 29.1. The van der Waals surface area contributed by atoms with E-state index in [9.17, 15) is 4.21 Å². The van der Waals surface area contributed by atoms with Gasteiger partial charge in [0, 0.05) is 12.5 Å². The molecule has 0 saturated carbocycles. The van der Waals surface area contributed by atoms with Gasteiger partial charge in [-0.15, -0.1) is 0 Å². The maximum absolute atomic E-state index is 13.2. The van der Waals surface area contributed by atoms with Gasteiger partial charge in [0.15, 0.2) is 0 Å². The Hall–Kier alpha value is -3.25. The van der Waals surface area contributed by atoms with Crippen molar-refractivity contribution in [2.45, 2.75) is 51.9 Å². The van der Waals surface area contributed by atoms with Gasteiger partial charge in [-0.3, -0.25) is 0 Å². The molecule has 0 radical (unpaired) electrons. The van der Waals surface area contributed by atoms with Crippen LogP contribution < -0.4 is 15.6 Å². The summed E-state index contributed by atoms with van der Waals surface area (Å²) in [6, 6.07) is 39.7. The Morgan fingerprint density at radius 2 is 1.27 bits per heavy atom. The summed E-state index contributed by atoms with van der Waals surface area (Å²) in [5, 5.41) is 3.65. The van der Waals surface area contributed by atoms with Gasteiger partial charge in [0.25, 0.3) is 8.32 Å². The number of hydrogen-bond acceptors (Lipinski definition) is 3. The molecule has 0 spiro atoms. The first-order valence-corrected chi connectivity index (χ1v) is 17.6. The van der Waals surface area contributed by atoms with Crippen molar-refractivity contribution in [2.24, 2.45) is 11.8 Å². The third kappa shape index (κ3) is 7.73. The van der Waals surface area contributed by atoms with Crippen molar-refractivity contribution < 1.29 is 12.8 Å². The molecule has 4 aromatic carbocycles. The van der Waals surface area contributed by atoms with Gasteiger partial charge in [-0.2, -0.15) is 0 Å². The molecule has 3 nitrogen and oxygen atoms in total. The molecule has 0 aliphatic rings. The summed E-state index contributed by atoms with van der Waals surface area (Å²) in [5.74, 6) is 0.927. The monoisotopic (exact) mass is 582 g/mol. The van der Waals surface area contributed by atoms with Crippen LogP contribution in [0.2, 0.25) is 0 Å². The van der Waals surface area contributed by atoms with Crippen LogP contribution >= 0.6 is 0 Å². The van der Waals surface area contributed by atoms with E-state index >= 15 is 0 Å². The predicted octanol–water partition coefficient (Wildman–Crippen LogP) is 7.06. The van der Waals surface area contributed by atoms with Crippen LogP contribution in [-0.4, -0.2) is 19.1 Å². The minimum absolute atomic E-state index is 0.0234. The lowest BCUT2D eigenvalue weighted by molar-refractivity contribution is 0.207. The Kier molecular flexibility index (Phi) is 11.3. The van der Waals surface area contributed by atoms with Crippen LogP contribution in [0.4, 0.5) is 0 Å². The second kappa shape index (κ2) is 15.1. The van der Waals surface area contributed by atoms with Gasteiger partial charge in [0.1, 0.15) is 5.76 Å². The highest BCUT2D eigenvalue weighted by atomic mass is 32.2. The van der Waals surface area contributed by atoms with Gasteiger partial charge in [0.05, 0.1) is 4.90 Å². The molecule has 0 N–H and O–H groups in total. The Morgan fingerprint density at radius 3 is 1.73 bits per heavy atom. The maximum atomic E-state index is 13.2. The van der Waals surface area contributed by atoms with Crippen LogP contribution in [-0.2, 0) is 19.7 Å². The Balaban J connectivity index is 1.64. The molecule has 0 aromatic heterocycles. The van der Waals surface area contributed by atoms with Crippen molar-refractivity contribution in [3.05, 3.63) is 133 Å². The molecule has 4 rings (SSSR count). The van der Waals surface area contributed by atoms with Gasteiger partial charge in [-0.1, -0.05) is 136 Å². The van der Waals surface area contributed by atoms with E-state index in [4.69, 9.17) is 8.61 Å². The van der Waals surface area contributed by atoms with Gasteiger partial charge >= 0.3 is 0 Å². The van der Waals surface area contributed by atoms with Gasteiger partial charge in [0.2, 0.25) is 11.1 Å². The van der Waals surface area contributed by atoms with Crippen molar-refractivity contribution in [1.29, 1.82) is 0 Å². The normalized spacial score (nSPS) is 14.3. The molecule has 0 bridgehead atoms. The Morgan fingerprint density at radius 1 is 0.780 bits per heavy atom. The Labute approximate surface area is 250 Å². The molecule has 4 aromatic rings. The molecule has 3 atom stereocenters. The van der Waals surface area contributed by atoms with Crippen LogP contribution in [0.25, 0.3) is 0 Å². The molecule has 5 heteroatoms. The van der Waals surface area contributed by atoms with E-state index in [0.29, 0.717) is 11.5 Å². The fourth-order valence-electron chi connectivity index (χ4n) is 4.98. The highest BCUT2D eigenvalue weighted by Gasteiger charge is 2.42. The highest BCUT2D eigenvalue weighted by Crippen LogP contribution is 2.27. The summed E-state index contributed by atoms with van der Waals surface area (Å²) in [5.41, 5.74) is 1.13. The molecule has 1 unspecified atom stereocenters. The average Bonchev–Trinajstić information content (AvgIpc) is 3.02. The van der Waals surface area contributed by atoms with Crippen LogP contribution in [0.1, 0.15) is 45.6 Å². The number of benzene rings is 4. The summed E-state index contributed by atoms with van der Waals surface area (Å²) in [7, 11) is -2.81. The molecule has 41 heavy (non-hydrogen) atoms. The molecular weight excluding hydrogens is 541 g/mol. The lowest BCUT2D eigenvalue weighted by Crippen LogP contribution is -2.69. The maximum Gasteiger partial charge on any atom is 0.288 e. The summed E-state index contributed by atoms with van der Waals surface area (Å²) in [6.07, 6.45) is 5.18. The third-order valence-corrected chi connectivity index (χ3v) is 12.7. The number of rotatable bonds is 14. The molecule has 214 valence electrons. The van der Waals surface area contributed by atoms with Crippen molar-refractivity contribution in [3.63, 3.8) is 0 Å². The molecule has 0 fully saturated rings. The number of unbranched alkanes of at least 4 members (excludes halogenated alkanes) is 2. The summed E-state index contributed by atoms with van der Waals surface area (Å²) >= 11 is -1.57. The quantitative estimate of drug-likeness (QED) is 0.0691. The molecule has 0 saturated heterocycles. The summed E-state index contributed by atoms with van der Waals surface area (Å²) in [6.45, 7) is 9.11. The van der Waals surface area contributed by atoms with Gasteiger partial charge in [-0.05, 0) is 59.5 Å². The molecule has 0 aliphatic heterocycles. The first kappa shape index (κ1) is 30.7. The number of hydrogen-bond donors (Lipinski definition) is 0. The molecule has 0 aliphatic carbocycles. The van der Waals surface area contributed by atoms with Gasteiger partial charge in [-0.25, -0.2) is 4.21 Å². The van der Waals surface area contributed by atoms with E-state index in [1.165, 1.54) is 15.6 Å². The van der Waals surface area contributed by atoms with E-state index in [1.807, 2.05) is 31.2 Å². The minimum atomic E-state index is -2.81. The predicted molar refractivity (Wildman–Crippen MR) is 175 cm³/mol. The van der Waals surface area contributed by atoms with Crippen molar-refractivity contribution >= 4 is 35.0 Å². The third-order valence-electron chi connectivity index (χ3n) is 7.69. The SMILES string of the molecule is CCCC/C=C(/OS(=O)c1ccc(C)cc1)[C@@H](C)[C@@H](C)CO[Si](c1ccccc1)(c1ccccc1)c1ccccc1. The van der Waals surface area contributed by atoms with Crippen LogP contribution in [0.15, 0.2) is 132 Å². The fraction of sp³-hybridized carbons (Fsp3) is 0.278. The van der Waals surface area contributed by atoms with Crippen molar-refractivity contribution in [3.8, 4) is 0 Å². The van der Waals surface area contributed by atoms with Crippen LogP contribution in [0, 0.1) is 18.8 Å². The minimum Gasteiger partial charge on any atom is -0.404 e. The first-order valence-electron chi connectivity index (χ1n) is 14.6. The second-order valence-electron chi connectivity index (χ2n) is 10.7. The first-order chi connectivity index (χ1) is 20.0. The zero-order valence-corrected chi connectivity index (χ0v) is 26.5. The molecule has 0 heterocycles. The fourth-order valence-corrected chi connectivity index (χ4v) is 9.83. The van der Waals surface area contributed by atoms with E-state index in [2.05, 4.69) is 118 Å². The van der Waals surface area contributed by atoms with Crippen molar-refractivity contribution in [1.82, 2.24) is 0 Å². The Bertz CT molecular complexity index is 1290. The number of allylic oxidation sites excluding steroid dienone is 2. The highest BCUT2D eigenvalue weighted by molar-refractivity contribution is 7.80. The van der Waals surface area contributed by atoms with Crippen LogP contribution in [0.5, 0.6) is 0 Å². The number of aryl methyl sites for hydroxylation is 1. The standard InChI is InChI=1S/C36H42O3SSi/c1-5-6-10-23-36(39-40(37)32-26-24-29(2)25-27-32)31(4)30(3)28-38-41(33-17-11-7-12-18-33,34-19-13-8-14-20-34)35-21-15-9-16-22-35/h7-9,11-27,30-31H,5-6,10,28H2,1-4H3/b36-23+/t30-,31-,40?/m0/s1. The topological polar surface area (TPSA) is 35.5 Å². The summed E-state index contributed by atoms with van der Waals surface area (Å²) < 4.78 is 26.6. The van der Waals surface area contributed by atoms with Crippen LogP contribution in [0.3, 0.4) is 0 Å². The van der Waals surface area contributed by atoms with E-state index in [0.717, 1.165) is 30.6 Å².